The zero-order chi connectivity index (χ0) is 23.0. The first-order chi connectivity index (χ1) is 15.9. The van der Waals surface area contributed by atoms with Crippen LogP contribution in [0.3, 0.4) is 0 Å². The maximum atomic E-state index is 11.1. The smallest absolute Gasteiger partial charge is 0.263 e. The number of piperidine rings is 1. The maximum absolute atomic E-state index is 11.1. The monoisotopic (exact) mass is 448 g/mol. The summed E-state index contributed by atoms with van der Waals surface area (Å²) in [6.45, 7) is 4.16. The summed E-state index contributed by atoms with van der Waals surface area (Å²) in [5.41, 5.74) is 8.90. The molecule has 1 saturated carbocycles. The van der Waals surface area contributed by atoms with Gasteiger partial charge in [0, 0.05) is 5.56 Å². The molecule has 0 bridgehead atoms. The Morgan fingerprint density at radius 1 is 1.12 bits per heavy atom. The Kier molecular flexibility index (Phi) is 5.80. The van der Waals surface area contributed by atoms with Gasteiger partial charge < -0.3 is 20.5 Å². The van der Waals surface area contributed by atoms with Crippen molar-refractivity contribution >= 4 is 5.82 Å². The van der Waals surface area contributed by atoms with Crippen molar-refractivity contribution in [3.8, 4) is 22.9 Å². The number of nitrogen functional groups attached to an aromatic ring is 1. The van der Waals surface area contributed by atoms with Crippen molar-refractivity contribution in [3.63, 3.8) is 0 Å². The first kappa shape index (κ1) is 21.9. The van der Waals surface area contributed by atoms with E-state index in [4.69, 9.17) is 10.5 Å². The van der Waals surface area contributed by atoms with Crippen LogP contribution in [0.15, 0.2) is 36.8 Å². The Balaban J connectivity index is 1.39. The zero-order valence-corrected chi connectivity index (χ0v) is 19.4. The maximum Gasteiger partial charge on any atom is 0.263 e. The molecule has 2 fully saturated rings. The third-order valence-electron chi connectivity index (χ3n) is 6.96. The Labute approximate surface area is 194 Å². The van der Waals surface area contributed by atoms with Gasteiger partial charge in [-0.25, -0.2) is 9.97 Å². The summed E-state index contributed by atoms with van der Waals surface area (Å²) in [6, 6.07) is 6.50. The molecule has 3 N–H and O–H groups in total. The third kappa shape index (κ3) is 4.58. The van der Waals surface area contributed by atoms with E-state index >= 15 is 0 Å². The lowest BCUT2D eigenvalue weighted by Gasteiger charge is -2.28. The van der Waals surface area contributed by atoms with E-state index in [-0.39, 0.29) is 11.7 Å². The second-order valence-electron chi connectivity index (χ2n) is 9.56. The molecule has 8 nitrogen and oxygen atoms in total. The third-order valence-corrected chi connectivity index (χ3v) is 6.96. The van der Waals surface area contributed by atoms with Crippen molar-refractivity contribution in [2.75, 3.05) is 25.9 Å². The molecule has 3 aromatic rings. The van der Waals surface area contributed by atoms with Gasteiger partial charge in [-0.2, -0.15) is 5.10 Å². The van der Waals surface area contributed by atoms with Crippen molar-refractivity contribution in [2.24, 2.45) is 0 Å². The van der Waals surface area contributed by atoms with Crippen LogP contribution in [0.4, 0.5) is 5.82 Å². The quantitative estimate of drug-likeness (QED) is 0.607. The molecule has 0 atom stereocenters. The summed E-state index contributed by atoms with van der Waals surface area (Å²) < 4.78 is 7.98. The van der Waals surface area contributed by atoms with E-state index in [1.165, 1.54) is 0 Å². The van der Waals surface area contributed by atoms with E-state index in [0.29, 0.717) is 17.5 Å². The molecule has 1 aliphatic heterocycles. The van der Waals surface area contributed by atoms with Crippen LogP contribution in [0.25, 0.3) is 11.3 Å². The van der Waals surface area contributed by atoms with E-state index in [1.54, 1.807) is 12.4 Å². The fourth-order valence-corrected chi connectivity index (χ4v) is 4.99. The molecule has 1 saturated heterocycles. The normalized spacial score (nSPS) is 19.1. The number of ether oxygens (including phenoxy) is 1. The summed E-state index contributed by atoms with van der Waals surface area (Å²) >= 11 is 0. The van der Waals surface area contributed by atoms with E-state index in [9.17, 15) is 5.11 Å². The molecule has 3 heterocycles. The summed E-state index contributed by atoms with van der Waals surface area (Å²) in [4.78, 5) is 11.3. The lowest BCUT2D eigenvalue weighted by atomic mass is 9.89. The van der Waals surface area contributed by atoms with Gasteiger partial charge in [-0.1, -0.05) is 24.5 Å². The molecule has 2 aromatic heterocycles. The summed E-state index contributed by atoms with van der Waals surface area (Å²) in [6.07, 6.45) is 11.1. The number of benzene rings is 1. The van der Waals surface area contributed by atoms with Crippen LogP contribution in [-0.4, -0.2) is 49.9 Å². The number of aromatic nitrogens is 4. The number of rotatable bonds is 5. The largest absolute Gasteiger partial charge is 0.433 e. The predicted molar refractivity (Wildman–Crippen MR) is 127 cm³/mol. The summed E-state index contributed by atoms with van der Waals surface area (Å²) in [5.74, 6) is 1.09. The molecule has 0 unspecified atom stereocenters. The van der Waals surface area contributed by atoms with Gasteiger partial charge in [0.2, 0.25) is 0 Å². The standard InChI is InChI=1S/C25H32N6O2/c1-17-11-18(13-19(12-17)25(32)7-3-4-8-25)22-15-27-23(26)24(29-22)33-21-14-28-31(16-21)20-5-9-30(2)10-6-20/h11-16,20,32H,3-10H2,1-2H3,(H2,26,27). The number of hydrogen-bond acceptors (Lipinski definition) is 7. The van der Waals surface area contributed by atoms with E-state index < -0.39 is 5.60 Å². The molecule has 8 heteroatoms. The van der Waals surface area contributed by atoms with Crippen LogP contribution < -0.4 is 10.5 Å². The second-order valence-corrected chi connectivity index (χ2v) is 9.56. The molecule has 0 radical (unpaired) electrons. The lowest BCUT2D eigenvalue weighted by molar-refractivity contribution is 0.0444. The fourth-order valence-electron chi connectivity index (χ4n) is 4.99. The van der Waals surface area contributed by atoms with Gasteiger partial charge in [-0.05, 0) is 70.4 Å². The molecule has 1 aromatic carbocycles. The molecule has 2 aliphatic rings. The van der Waals surface area contributed by atoms with Crippen LogP contribution in [0.2, 0.25) is 0 Å². The average molecular weight is 449 g/mol. The van der Waals surface area contributed by atoms with Gasteiger partial charge in [0.15, 0.2) is 11.6 Å². The molecular formula is C25H32N6O2. The van der Waals surface area contributed by atoms with Crippen LogP contribution >= 0.6 is 0 Å². The summed E-state index contributed by atoms with van der Waals surface area (Å²) in [5, 5.41) is 15.6. The highest BCUT2D eigenvalue weighted by atomic mass is 16.5. The first-order valence-electron chi connectivity index (χ1n) is 11.8. The Hall–Kier alpha value is -2.97. The Morgan fingerprint density at radius 3 is 2.64 bits per heavy atom. The highest BCUT2D eigenvalue weighted by Crippen LogP contribution is 2.40. The first-order valence-corrected chi connectivity index (χ1v) is 11.8. The zero-order valence-electron chi connectivity index (χ0n) is 19.4. The minimum atomic E-state index is -0.760. The van der Waals surface area contributed by atoms with Crippen LogP contribution in [0.1, 0.15) is 55.7 Å². The van der Waals surface area contributed by atoms with Crippen molar-refractivity contribution in [3.05, 3.63) is 47.9 Å². The average Bonchev–Trinajstić information content (AvgIpc) is 3.45. The number of likely N-dealkylation sites (tertiary alicyclic amines) is 1. The van der Waals surface area contributed by atoms with Crippen molar-refractivity contribution in [1.82, 2.24) is 24.6 Å². The van der Waals surface area contributed by atoms with E-state index in [0.717, 1.165) is 68.3 Å². The summed E-state index contributed by atoms with van der Waals surface area (Å²) in [7, 11) is 2.15. The lowest BCUT2D eigenvalue weighted by Crippen LogP contribution is -2.31. The Morgan fingerprint density at radius 2 is 1.88 bits per heavy atom. The van der Waals surface area contributed by atoms with Gasteiger partial charge in [-0.3, -0.25) is 4.68 Å². The highest BCUT2D eigenvalue weighted by Gasteiger charge is 2.33. The minimum Gasteiger partial charge on any atom is -0.433 e. The molecular weight excluding hydrogens is 416 g/mol. The van der Waals surface area contributed by atoms with Gasteiger partial charge in [0.25, 0.3) is 5.88 Å². The van der Waals surface area contributed by atoms with Crippen LogP contribution in [-0.2, 0) is 5.60 Å². The van der Waals surface area contributed by atoms with Gasteiger partial charge >= 0.3 is 0 Å². The number of nitrogens with zero attached hydrogens (tertiary/aromatic N) is 5. The fraction of sp³-hybridized carbons (Fsp3) is 0.480. The molecule has 0 spiro atoms. The number of aliphatic hydroxyl groups is 1. The van der Waals surface area contributed by atoms with Crippen LogP contribution in [0.5, 0.6) is 11.6 Å². The number of aryl methyl sites for hydroxylation is 1. The highest BCUT2D eigenvalue weighted by molar-refractivity contribution is 5.63. The number of nitrogens with two attached hydrogens (primary N) is 1. The molecule has 174 valence electrons. The van der Waals surface area contributed by atoms with Crippen LogP contribution in [0, 0.1) is 6.92 Å². The molecule has 5 rings (SSSR count). The van der Waals surface area contributed by atoms with Gasteiger partial charge in [0.1, 0.15) is 0 Å². The van der Waals surface area contributed by atoms with Crippen molar-refractivity contribution < 1.29 is 9.84 Å². The van der Waals surface area contributed by atoms with Gasteiger partial charge in [0.05, 0.1) is 35.9 Å². The predicted octanol–water partition coefficient (Wildman–Crippen LogP) is 4.05. The second kappa shape index (κ2) is 8.76. The molecule has 0 amide bonds. The van der Waals surface area contributed by atoms with Crippen molar-refractivity contribution in [1.29, 1.82) is 0 Å². The molecule has 33 heavy (non-hydrogen) atoms. The SMILES string of the molecule is Cc1cc(-c2cnc(N)c(Oc3cnn(C4CCN(C)CC4)c3)n2)cc(C2(O)CCCC2)c1. The topological polar surface area (TPSA) is 102 Å². The number of hydrogen-bond donors (Lipinski definition) is 2. The van der Waals surface area contributed by atoms with Gasteiger partial charge in [-0.15, -0.1) is 0 Å². The minimum absolute atomic E-state index is 0.230. The van der Waals surface area contributed by atoms with Crippen molar-refractivity contribution in [2.45, 2.75) is 57.1 Å². The molecule has 1 aliphatic carbocycles. The Bertz CT molecular complexity index is 1130. The van der Waals surface area contributed by atoms with E-state index in [1.807, 2.05) is 29.9 Å². The van der Waals surface area contributed by atoms with E-state index in [2.05, 4.69) is 33.1 Å². The number of anilines is 1.